The summed E-state index contributed by atoms with van der Waals surface area (Å²) in [5.41, 5.74) is 7.47. The Balaban J connectivity index is 2.46. The van der Waals surface area contributed by atoms with Gasteiger partial charge in [-0.3, -0.25) is 0 Å². The summed E-state index contributed by atoms with van der Waals surface area (Å²) in [7, 11) is 1.83. The Morgan fingerprint density at radius 1 is 1.41 bits per heavy atom. The van der Waals surface area contributed by atoms with E-state index < -0.39 is 0 Å². The number of pyridine rings is 1. The summed E-state index contributed by atoms with van der Waals surface area (Å²) in [6.45, 7) is 0. The maximum absolute atomic E-state index is 5.93. The van der Waals surface area contributed by atoms with Crippen molar-refractivity contribution in [3.63, 3.8) is 0 Å². The summed E-state index contributed by atoms with van der Waals surface area (Å²) in [6.07, 6.45) is 4.70. The van der Waals surface area contributed by atoms with Crippen LogP contribution >= 0.6 is 11.6 Å². The number of nitrogen functional groups attached to an aromatic ring is 1. The molecule has 17 heavy (non-hydrogen) atoms. The Hall–Kier alpha value is -1.72. The van der Waals surface area contributed by atoms with E-state index in [0.29, 0.717) is 10.8 Å². The van der Waals surface area contributed by atoms with Gasteiger partial charge in [-0.15, -0.1) is 0 Å². The Morgan fingerprint density at radius 2 is 2.24 bits per heavy atom. The molecule has 3 N–H and O–H groups in total. The maximum atomic E-state index is 5.93. The Bertz CT molecular complexity index is 502. The van der Waals surface area contributed by atoms with Gasteiger partial charge in [0.2, 0.25) is 0 Å². The number of nitrogens with two attached hydrogens (primary N) is 1. The molecular formula is C11H12ClN5. The molecule has 0 radical (unpaired) electrons. The van der Waals surface area contributed by atoms with E-state index in [2.05, 4.69) is 20.3 Å². The van der Waals surface area contributed by atoms with Crippen LogP contribution in [-0.4, -0.2) is 22.0 Å². The molecule has 0 aliphatic rings. The number of hydrogen-bond acceptors (Lipinski definition) is 5. The quantitative estimate of drug-likeness (QED) is 0.860. The van der Waals surface area contributed by atoms with Crippen LogP contribution in [0.25, 0.3) is 0 Å². The van der Waals surface area contributed by atoms with E-state index in [1.807, 2.05) is 13.1 Å². The molecule has 2 aromatic heterocycles. The van der Waals surface area contributed by atoms with Gasteiger partial charge in [0.05, 0.1) is 16.8 Å². The van der Waals surface area contributed by atoms with Crippen molar-refractivity contribution in [2.45, 2.75) is 6.04 Å². The van der Waals surface area contributed by atoms with E-state index in [9.17, 15) is 0 Å². The first-order chi connectivity index (χ1) is 8.22. The highest BCUT2D eigenvalue weighted by Crippen LogP contribution is 2.25. The fraction of sp³-hybridized carbons (Fsp3) is 0.182. The van der Waals surface area contributed by atoms with Gasteiger partial charge in [-0.2, -0.15) is 0 Å². The van der Waals surface area contributed by atoms with Gasteiger partial charge in [0.25, 0.3) is 0 Å². The van der Waals surface area contributed by atoms with Crippen molar-refractivity contribution in [1.29, 1.82) is 0 Å². The van der Waals surface area contributed by atoms with Crippen molar-refractivity contribution in [3.05, 3.63) is 47.1 Å². The lowest BCUT2D eigenvalue weighted by molar-refractivity contribution is 0.668. The third kappa shape index (κ3) is 2.51. The van der Waals surface area contributed by atoms with Crippen LogP contribution in [0.15, 0.2) is 30.9 Å². The van der Waals surface area contributed by atoms with Crippen molar-refractivity contribution < 1.29 is 0 Å². The Kier molecular flexibility index (Phi) is 3.51. The molecule has 88 valence electrons. The number of nitrogens with zero attached hydrogens (tertiary/aromatic N) is 3. The predicted octanol–water partition coefficient (Wildman–Crippen LogP) is 1.42. The van der Waals surface area contributed by atoms with Gasteiger partial charge >= 0.3 is 0 Å². The smallest absolute Gasteiger partial charge is 0.128 e. The average molecular weight is 250 g/mol. The van der Waals surface area contributed by atoms with Gasteiger partial charge in [0.15, 0.2) is 0 Å². The van der Waals surface area contributed by atoms with E-state index in [4.69, 9.17) is 17.3 Å². The molecular weight excluding hydrogens is 238 g/mol. The van der Waals surface area contributed by atoms with Crippen LogP contribution < -0.4 is 11.1 Å². The van der Waals surface area contributed by atoms with Crippen LogP contribution in [0, 0.1) is 0 Å². The summed E-state index contributed by atoms with van der Waals surface area (Å²) >= 11 is 5.93. The molecule has 0 amide bonds. The van der Waals surface area contributed by atoms with Crippen molar-refractivity contribution in [2.24, 2.45) is 0 Å². The first kappa shape index (κ1) is 11.8. The number of halogens is 1. The van der Waals surface area contributed by atoms with Crippen LogP contribution in [0.2, 0.25) is 5.02 Å². The highest BCUT2D eigenvalue weighted by Gasteiger charge is 2.17. The molecule has 0 saturated carbocycles. The lowest BCUT2D eigenvalue weighted by atomic mass is 10.0. The summed E-state index contributed by atoms with van der Waals surface area (Å²) < 4.78 is 0. The van der Waals surface area contributed by atoms with Crippen molar-refractivity contribution >= 4 is 17.4 Å². The molecule has 2 heterocycles. The van der Waals surface area contributed by atoms with Crippen LogP contribution in [0.5, 0.6) is 0 Å². The number of hydrogen-bond donors (Lipinski definition) is 2. The molecule has 1 unspecified atom stereocenters. The zero-order valence-corrected chi connectivity index (χ0v) is 10.0. The van der Waals surface area contributed by atoms with E-state index >= 15 is 0 Å². The lowest BCUT2D eigenvalue weighted by Crippen LogP contribution is -2.20. The zero-order chi connectivity index (χ0) is 12.3. The van der Waals surface area contributed by atoms with E-state index in [-0.39, 0.29) is 6.04 Å². The SMILES string of the molecule is CNC(c1ccncn1)c1cc(Cl)cnc1N. The highest BCUT2D eigenvalue weighted by atomic mass is 35.5. The normalized spacial score (nSPS) is 12.4. The minimum absolute atomic E-state index is 0.149. The van der Waals surface area contributed by atoms with Crippen LogP contribution in [0.4, 0.5) is 5.82 Å². The molecule has 0 spiro atoms. The summed E-state index contributed by atoms with van der Waals surface area (Å²) in [4.78, 5) is 12.1. The fourth-order valence-electron chi connectivity index (χ4n) is 1.63. The summed E-state index contributed by atoms with van der Waals surface area (Å²) in [6, 6.07) is 3.46. The van der Waals surface area contributed by atoms with Gasteiger partial charge in [-0.05, 0) is 19.2 Å². The van der Waals surface area contributed by atoms with Crippen molar-refractivity contribution in [2.75, 3.05) is 12.8 Å². The summed E-state index contributed by atoms with van der Waals surface area (Å²) in [5, 5.41) is 3.68. The van der Waals surface area contributed by atoms with Crippen LogP contribution in [0.1, 0.15) is 17.3 Å². The summed E-state index contributed by atoms with van der Waals surface area (Å²) in [5.74, 6) is 0.437. The monoisotopic (exact) mass is 249 g/mol. The van der Waals surface area contributed by atoms with E-state index in [1.165, 1.54) is 12.5 Å². The first-order valence-corrected chi connectivity index (χ1v) is 5.44. The minimum atomic E-state index is -0.149. The standard InChI is InChI=1S/C11H12ClN5/c1-14-10(9-2-3-15-6-17-9)8-4-7(12)5-16-11(8)13/h2-6,10,14H,1H3,(H2,13,16). The Labute approximate surface area is 104 Å². The van der Waals surface area contributed by atoms with Crippen LogP contribution in [0.3, 0.4) is 0 Å². The molecule has 0 saturated heterocycles. The first-order valence-electron chi connectivity index (χ1n) is 5.06. The van der Waals surface area contributed by atoms with Crippen molar-refractivity contribution in [1.82, 2.24) is 20.3 Å². The minimum Gasteiger partial charge on any atom is -0.383 e. The highest BCUT2D eigenvalue weighted by molar-refractivity contribution is 6.30. The zero-order valence-electron chi connectivity index (χ0n) is 9.26. The molecule has 0 fully saturated rings. The van der Waals surface area contributed by atoms with Gasteiger partial charge in [0.1, 0.15) is 12.1 Å². The van der Waals surface area contributed by atoms with Gasteiger partial charge in [0, 0.05) is 18.0 Å². The van der Waals surface area contributed by atoms with Gasteiger partial charge in [-0.1, -0.05) is 11.6 Å². The van der Waals surface area contributed by atoms with Crippen molar-refractivity contribution in [3.8, 4) is 0 Å². The molecule has 6 heteroatoms. The predicted molar refractivity (Wildman–Crippen MR) is 66.6 cm³/mol. The third-order valence-electron chi connectivity index (χ3n) is 2.42. The van der Waals surface area contributed by atoms with E-state index in [0.717, 1.165) is 11.3 Å². The second kappa shape index (κ2) is 5.07. The number of rotatable bonds is 3. The number of anilines is 1. The van der Waals surface area contributed by atoms with E-state index in [1.54, 1.807) is 12.3 Å². The molecule has 0 aliphatic carbocycles. The molecule has 0 aromatic carbocycles. The molecule has 5 nitrogen and oxygen atoms in total. The largest absolute Gasteiger partial charge is 0.383 e. The average Bonchev–Trinajstić information content (AvgIpc) is 2.36. The lowest BCUT2D eigenvalue weighted by Gasteiger charge is -2.17. The van der Waals surface area contributed by atoms with Gasteiger partial charge < -0.3 is 11.1 Å². The maximum Gasteiger partial charge on any atom is 0.128 e. The third-order valence-corrected chi connectivity index (χ3v) is 2.62. The Morgan fingerprint density at radius 3 is 2.88 bits per heavy atom. The molecule has 2 rings (SSSR count). The fourth-order valence-corrected chi connectivity index (χ4v) is 1.80. The van der Waals surface area contributed by atoms with Gasteiger partial charge in [-0.25, -0.2) is 15.0 Å². The topological polar surface area (TPSA) is 76.7 Å². The molecule has 0 aliphatic heterocycles. The molecule has 0 bridgehead atoms. The second-order valence-electron chi connectivity index (χ2n) is 3.48. The molecule has 2 aromatic rings. The molecule has 1 atom stereocenters. The number of nitrogens with one attached hydrogen (secondary N) is 1. The second-order valence-corrected chi connectivity index (χ2v) is 3.92. The van der Waals surface area contributed by atoms with Crippen LogP contribution in [-0.2, 0) is 0 Å². The number of aromatic nitrogens is 3.